The Morgan fingerprint density at radius 1 is 1.25 bits per heavy atom. The standard InChI is InChI=1S/C15H18FNO3/c1-10(14(18)17-13-4-2-3-5-13)20-15(19)11-6-8-12(16)9-7-11/h6-10,13H,2-5H2,1H3,(H,17,18)/t10-/m1/s1. The number of ether oxygens (including phenoxy) is 1. The van der Waals surface area contributed by atoms with Gasteiger partial charge in [-0.25, -0.2) is 9.18 Å². The Labute approximate surface area is 117 Å². The molecule has 5 heteroatoms. The number of rotatable bonds is 4. The van der Waals surface area contributed by atoms with E-state index in [9.17, 15) is 14.0 Å². The van der Waals surface area contributed by atoms with Crippen LogP contribution in [0.3, 0.4) is 0 Å². The number of benzene rings is 1. The van der Waals surface area contributed by atoms with E-state index in [1.807, 2.05) is 0 Å². The smallest absolute Gasteiger partial charge is 0.338 e. The van der Waals surface area contributed by atoms with E-state index in [1.165, 1.54) is 31.2 Å². The van der Waals surface area contributed by atoms with Crippen molar-refractivity contribution in [2.24, 2.45) is 0 Å². The normalized spacial score (nSPS) is 16.7. The molecule has 0 radical (unpaired) electrons. The molecule has 108 valence electrons. The van der Waals surface area contributed by atoms with Crippen LogP contribution >= 0.6 is 0 Å². The van der Waals surface area contributed by atoms with Crippen molar-refractivity contribution in [3.8, 4) is 0 Å². The van der Waals surface area contributed by atoms with Crippen molar-refractivity contribution in [3.05, 3.63) is 35.6 Å². The lowest BCUT2D eigenvalue weighted by atomic mass is 10.2. The highest BCUT2D eigenvalue weighted by Crippen LogP contribution is 2.17. The summed E-state index contributed by atoms with van der Waals surface area (Å²) in [6, 6.07) is 5.22. The zero-order valence-electron chi connectivity index (χ0n) is 11.4. The van der Waals surface area contributed by atoms with Crippen LogP contribution in [0, 0.1) is 5.82 Å². The molecule has 1 amide bonds. The maximum Gasteiger partial charge on any atom is 0.338 e. The lowest BCUT2D eigenvalue weighted by Gasteiger charge is -2.17. The number of esters is 1. The van der Waals surface area contributed by atoms with Crippen molar-refractivity contribution in [2.75, 3.05) is 0 Å². The van der Waals surface area contributed by atoms with Crippen LogP contribution < -0.4 is 5.32 Å². The number of hydrogen-bond acceptors (Lipinski definition) is 3. The van der Waals surface area contributed by atoms with Crippen LogP contribution in [0.25, 0.3) is 0 Å². The number of nitrogens with one attached hydrogen (secondary N) is 1. The Morgan fingerprint density at radius 3 is 2.45 bits per heavy atom. The van der Waals surface area contributed by atoms with Gasteiger partial charge in [0.05, 0.1) is 5.56 Å². The second-order valence-corrected chi connectivity index (χ2v) is 5.04. The molecule has 1 N–H and O–H groups in total. The highest BCUT2D eigenvalue weighted by Gasteiger charge is 2.23. The largest absolute Gasteiger partial charge is 0.449 e. The molecule has 4 nitrogen and oxygen atoms in total. The van der Waals surface area contributed by atoms with Crippen LogP contribution in [0.4, 0.5) is 4.39 Å². The van der Waals surface area contributed by atoms with Crippen molar-refractivity contribution < 1.29 is 18.7 Å². The SMILES string of the molecule is C[C@@H](OC(=O)c1ccc(F)cc1)C(=O)NC1CCCC1. The number of carbonyl (C=O) groups excluding carboxylic acids is 2. The number of halogens is 1. The fraction of sp³-hybridized carbons (Fsp3) is 0.467. The molecule has 1 aromatic rings. The van der Waals surface area contributed by atoms with Gasteiger partial charge >= 0.3 is 5.97 Å². The van der Waals surface area contributed by atoms with E-state index >= 15 is 0 Å². The molecule has 0 heterocycles. The van der Waals surface area contributed by atoms with Crippen LogP contribution in [-0.4, -0.2) is 24.0 Å². The molecular weight excluding hydrogens is 261 g/mol. The highest BCUT2D eigenvalue weighted by atomic mass is 19.1. The van der Waals surface area contributed by atoms with Gasteiger partial charge < -0.3 is 10.1 Å². The maximum atomic E-state index is 12.8. The summed E-state index contributed by atoms with van der Waals surface area (Å²) in [6.07, 6.45) is 3.34. The van der Waals surface area contributed by atoms with E-state index in [2.05, 4.69) is 5.32 Å². The average Bonchev–Trinajstić information content (AvgIpc) is 2.92. The first-order valence-corrected chi connectivity index (χ1v) is 6.83. The van der Waals surface area contributed by atoms with Crippen LogP contribution in [0.5, 0.6) is 0 Å². The fourth-order valence-electron chi connectivity index (χ4n) is 2.26. The molecule has 0 spiro atoms. The Kier molecular flexibility index (Phi) is 4.71. The molecule has 1 aliphatic carbocycles. The van der Waals surface area contributed by atoms with Crippen molar-refractivity contribution in [1.29, 1.82) is 0 Å². The molecule has 2 rings (SSSR count). The summed E-state index contributed by atoms with van der Waals surface area (Å²) < 4.78 is 17.8. The van der Waals surface area contributed by atoms with Gasteiger partial charge in [-0.1, -0.05) is 12.8 Å². The highest BCUT2D eigenvalue weighted by molar-refractivity contribution is 5.92. The Morgan fingerprint density at radius 2 is 1.85 bits per heavy atom. The van der Waals surface area contributed by atoms with E-state index in [-0.39, 0.29) is 17.5 Å². The first kappa shape index (κ1) is 14.5. The summed E-state index contributed by atoms with van der Waals surface area (Å²) in [5.41, 5.74) is 0.229. The lowest BCUT2D eigenvalue weighted by molar-refractivity contribution is -0.129. The van der Waals surface area contributed by atoms with Gasteiger partial charge in [0.25, 0.3) is 5.91 Å². The van der Waals surface area contributed by atoms with Crippen LogP contribution in [-0.2, 0) is 9.53 Å². The van der Waals surface area contributed by atoms with E-state index in [0.29, 0.717) is 0 Å². The zero-order chi connectivity index (χ0) is 14.5. The second kappa shape index (κ2) is 6.50. The summed E-state index contributed by atoms with van der Waals surface area (Å²) in [4.78, 5) is 23.7. The van der Waals surface area contributed by atoms with Gasteiger partial charge in [-0.2, -0.15) is 0 Å². The topological polar surface area (TPSA) is 55.4 Å². The van der Waals surface area contributed by atoms with Crippen LogP contribution in [0.15, 0.2) is 24.3 Å². The third-order valence-electron chi connectivity index (χ3n) is 3.43. The third-order valence-corrected chi connectivity index (χ3v) is 3.43. The number of amides is 1. The molecular formula is C15H18FNO3. The van der Waals surface area contributed by atoms with E-state index in [4.69, 9.17) is 4.74 Å². The Balaban J connectivity index is 1.86. The Bertz CT molecular complexity index is 480. The number of carbonyl (C=O) groups is 2. The van der Waals surface area contributed by atoms with Gasteiger partial charge in [0.15, 0.2) is 6.10 Å². The van der Waals surface area contributed by atoms with Gasteiger partial charge in [0.2, 0.25) is 0 Å². The van der Waals surface area contributed by atoms with Crippen molar-refractivity contribution in [1.82, 2.24) is 5.32 Å². The summed E-state index contributed by atoms with van der Waals surface area (Å²) >= 11 is 0. The molecule has 0 bridgehead atoms. The second-order valence-electron chi connectivity index (χ2n) is 5.04. The molecule has 1 saturated carbocycles. The van der Waals surface area contributed by atoms with Crippen molar-refractivity contribution >= 4 is 11.9 Å². The van der Waals surface area contributed by atoms with Gasteiger partial charge in [-0.3, -0.25) is 4.79 Å². The summed E-state index contributed by atoms with van der Waals surface area (Å²) in [6.45, 7) is 1.53. The van der Waals surface area contributed by atoms with Crippen LogP contribution in [0.1, 0.15) is 43.0 Å². The average molecular weight is 279 g/mol. The fourth-order valence-corrected chi connectivity index (χ4v) is 2.26. The lowest BCUT2D eigenvalue weighted by Crippen LogP contribution is -2.40. The number of hydrogen-bond donors (Lipinski definition) is 1. The van der Waals surface area contributed by atoms with E-state index in [1.54, 1.807) is 0 Å². The minimum absolute atomic E-state index is 0.189. The van der Waals surface area contributed by atoms with Crippen LogP contribution in [0.2, 0.25) is 0 Å². The quantitative estimate of drug-likeness (QED) is 0.861. The molecule has 1 fully saturated rings. The molecule has 0 unspecified atom stereocenters. The van der Waals surface area contributed by atoms with E-state index in [0.717, 1.165) is 25.7 Å². The van der Waals surface area contributed by atoms with Gasteiger partial charge in [0, 0.05) is 6.04 Å². The molecule has 1 aliphatic rings. The minimum Gasteiger partial charge on any atom is -0.449 e. The van der Waals surface area contributed by atoms with Gasteiger partial charge in [-0.05, 0) is 44.0 Å². The predicted molar refractivity (Wildman–Crippen MR) is 71.7 cm³/mol. The summed E-state index contributed by atoms with van der Waals surface area (Å²) in [5.74, 6) is -1.33. The monoisotopic (exact) mass is 279 g/mol. The predicted octanol–water partition coefficient (Wildman–Crippen LogP) is 2.43. The first-order valence-electron chi connectivity index (χ1n) is 6.83. The maximum absolute atomic E-state index is 12.8. The summed E-state index contributed by atoms with van der Waals surface area (Å²) in [5, 5.41) is 2.87. The molecule has 1 aromatic carbocycles. The Hall–Kier alpha value is -1.91. The molecule has 0 aliphatic heterocycles. The molecule has 0 aromatic heterocycles. The first-order chi connectivity index (χ1) is 9.56. The molecule has 1 atom stereocenters. The van der Waals surface area contributed by atoms with Gasteiger partial charge in [0.1, 0.15) is 5.82 Å². The van der Waals surface area contributed by atoms with Crippen molar-refractivity contribution in [3.63, 3.8) is 0 Å². The third kappa shape index (κ3) is 3.79. The summed E-state index contributed by atoms with van der Waals surface area (Å²) in [7, 11) is 0. The minimum atomic E-state index is -0.854. The molecule has 0 saturated heterocycles. The van der Waals surface area contributed by atoms with Crippen molar-refractivity contribution in [2.45, 2.75) is 44.8 Å². The zero-order valence-corrected chi connectivity index (χ0v) is 11.4. The van der Waals surface area contributed by atoms with Gasteiger partial charge in [-0.15, -0.1) is 0 Å². The van der Waals surface area contributed by atoms with E-state index < -0.39 is 17.9 Å². The molecule has 20 heavy (non-hydrogen) atoms.